The third kappa shape index (κ3) is 4.87. The fourth-order valence-electron chi connectivity index (χ4n) is 4.81. The van der Waals surface area contributed by atoms with Crippen LogP contribution < -0.4 is 0 Å². The Bertz CT molecular complexity index is 829. The number of hydrogen-bond acceptors (Lipinski definition) is 4. The van der Waals surface area contributed by atoms with Gasteiger partial charge in [-0.25, -0.2) is 0 Å². The lowest BCUT2D eigenvalue weighted by atomic mass is 9.99. The van der Waals surface area contributed by atoms with E-state index < -0.39 is 0 Å². The highest BCUT2D eigenvalue weighted by molar-refractivity contribution is 5.84. The van der Waals surface area contributed by atoms with Gasteiger partial charge in [-0.2, -0.15) is 0 Å². The van der Waals surface area contributed by atoms with Crippen molar-refractivity contribution < 1.29 is 19.1 Å². The number of hydrogen-bond donors (Lipinski definition) is 0. The van der Waals surface area contributed by atoms with Crippen LogP contribution in [0.15, 0.2) is 60.7 Å². The molecule has 4 atom stereocenters. The molecule has 2 amide bonds. The van der Waals surface area contributed by atoms with E-state index in [0.29, 0.717) is 26.3 Å². The summed E-state index contributed by atoms with van der Waals surface area (Å²) >= 11 is 0. The molecular weight excluding hydrogens is 404 g/mol. The molecule has 2 aromatic rings. The van der Waals surface area contributed by atoms with Crippen LogP contribution in [-0.2, 0) is 19.1 Å². The van der Waals surface area contributed by atoms with Crippen LogP contribution in [0.3, 0.4) is 0 Å². The quantitative estimate of drug-likeness (QED) is 0.716. The summed E-state index contributed by atoms with van der Waals surface area (Å²) in [4.78, 5) is 29.8. The minimum atomic E-state index is -0.143. The largest absolute Gasteiger partial charge is 0.370 e. The molecule has 6 nitrogen and oxygen atoms in total. The Morgan fingerprint density at radius 3 is 1.47 bits per heavy atom. The van der Waals surface area contributed by atoms with Gasteiger partial charge in [-0.1, -0.05) is 60.7 Å². The van der Waals surface area contributed by atoms with E-state index in [1.807, 2.05) is 84.3 Å². The molecule has 0 N–H and O–H groups in total. The molecule has 0 aliphatic carbocycles. The van der Waals surface area contributed by atoms with Crippen molar-refractivity contribution in [2.45, 2.75) is 51.0 Å². The zero-order valence-corrected chi connectivity index (χ0v) is 18.9. The molecule has 2 aromatic carbocycles. The molecule has 0 bridgehead atoms. The first-order chi connectivity index (χ1) is 15.6. The zero-order chi connectivity index (χ0) is 22.5. The lowest BCUT2D eigenvalue weighted by Crippen LogP contribution is -2.50. The Morgan fingerprint density at radius 1 is 0.719 bits per heavy atom. The van der Waals surface area contributed by atoms with E-state index in [-0.39, 0.29) is 48.9 Å². The topological polar surface area (TPSA) is 59.1 Å². The fraction of sp³-hybridized carbons (Fsp3) is 0.462. The number of carbonyl (C=O) groups is 2. The molecule has 0 saturated carbocycles. The first-order valence-corrected chi connectivity index (χ1v) is 11.5. The van der Waals surface area contributed by atoms with Crippen LogP contribution in [-0.4, -0.2) is 60.0 Å². The van der Waals surface area contributed by atoms with Crippen molar-refractivity contribution in [2.75, 3.05) is 26.3 Å². The van der Waals surface area contributed by atoms with Gasteiger partial charge in [0.25, 0.3) is 0 Å². The average Bonchev–Trinajstić information content (AvgIpc) is 2.83. The lowest BCUT2D eigenvalue weighted by molar-refractivity contribution is -0.151. The highest BCUT2D eigenvalue weighted by Crippen LogP contribution is 2.30. The fourth-order valence-corrected chi connectivity index (χ4v) is 4.81. The summed E-state index contributed by atoms with van der Waals surface area (Å²) in [7, 11) is 0. The van der Waals surface area contributed by atoms with Crippen LogP contribution in [0.5, 0.6) is 0 Å². The van der Waals surface area contributed by atoms with E-state index >= 15 is 0 Å². The highest BCUT2D eigenvalue weighted by Gasteiger charge is 2.35. The summed E-state index contributed by atoms with van der Waals surface area (Å²) in [6.07, 6.45) is 0.140. The number of morpholine rings is 2. The maximum absolute atomic E-state index is 13.0. The van der Waals surface area contributed by atoms with E-state index in [4.69, 9.17) is 9.47 Å². The molecule has 4 rings (SSSR count). The molecule has 2 heterocycles. The predicted octanol–water partition coefficient (Wildman–Crippen LogP) is 3.74. The lowest BCUT2D eigenvalue weighted by Gasteiger charge is -2.41. The van der Waals surface area contributed by atoms with Crippen LogP contribution in [0.2, 0.25) is 0 Å². The molecule has 0 aromatic heterocycles. The molecule has 2 aliphatic heterocycles. The minimum absolute atomic E-state index is 0.00982. The highest BCUT2D eigenvalue weighted by atomic mass is 16.5. The van der Waals surface area contributed by atoms with Gasteiger partial charge in [0, 0.05) is 25.9 Å². The second-order valence-electron chi connectivity index (χ2n) is 8.56. The van der Waals surface area contributed by atoms with Crippen molar-refractivity contribution in [1.29, 1.82) is 0 Å². The third-order valence-electron chi connectivity index (χ3n) is 6.57. The van der Waals surface area contributed by atoms with Crippen LogP contribution in [0.4, 0.5) is 0 Å². The molecule has 32 heavy (non-hydrogen) atoms. The Kier molecular flexibility index (Phi) is 7.22. The van der Waals surface area contributed by atoms with E-state index in [1.165, 1.54) is 0 Å². The number of nitrogens with zero attached hydrogens (tertiary/aromatic N) is 2. The maximum atomic E-state index is 13.0. The van der Waals surface area contributed by atoms with Gasteiger partial charge in [-0.15, -0.1) is 0 Å². The number of rotatable bonds is 5. The standard InChI is InChI=1S/C26H32N2O4/c1-19-25(21-9-5-3-6-10-21)31-17-15-27(19)23(29)13-14-24(30)28-16-18-32-26(20(28)2)22-11-7-4-8-12-22/h3-12,19-20,25-26H,13-18H2,1-2H3/t19-,20-,25+,26+/m0/s1. The Hall–Kier alpha value is -2.70. The number of benzene rings is 2. The molecule has 2 saturated heterocycles. The van der Waals surface area contributed by atoms with Gasteiger partial charge >= 0.3 is 0 Å². The SMILES string of the molecule is C[C@H]1[C@H](c2ccccc2)OCCN1C(=O)CCC(=O)N1CCO[C@@H](c2ccccc2)[C@@H]1C. The van der Waals surface area contributed by atoms with Crippen molar-refractivity contribution in [1.82, 2.24) is 9.80 Å². The summed E-state index contributed by atoms with van der Waals surface area (Å²) in [5.74, 6) is 0.0196. The smallest absolute Gasteiger partial charge is 0.223 e. The molecule has 2 aliphatic rings. The summed E-state index contributed by atoms with van der Waals surface area (Å²) in [6, 6.07) is 19.9. The molecule has 170 valence electrons. The first-order valence-electron chi connectivity index (χ1n) is 11.5. The molecule has 0 unspecified atom stereocenters. The van der Waals surface area contributed by atoms with E-state index in [1.54, 1.807) is 0 Å². The van der Waals surface area contributed by atoms with Crippen molar-refractivity contribution in [3.8, 4) is 0 Å². The van der Waals surface area contributed by atoms with Crippen molar-refractivity contribution in [3.05, 3.63) is 71.8 Å². The Balaban J connectivity index is 1.34. The maximum Gasteiger partial charge on any atom is 0.223 e. The van der Waals surface area contributed by atoms with E-state index in [2.05, 4.69) is 0 Å². The van der Waals surface area contributed by atoms with Gasteiger partial charge in [-0.05, 0) is 25.0 Å². The Labute approximate surface area is 190 Å². The minimum Gasteiger partial charge on any atom is -0.370 e. The van der Waals surface area contributed by atoms with Gasteiger partial charge < -0.3 is 19.3 Å². The van der Waals surface area contributed by atoms with Crippen molar-refractivity contribution in [2.24, 2.45) is 0 Å². The molecule has 6 heteroatoms. The van der Waals surface area contributed by atoms with Crippen LogP contribution in [0.25, 0.3) is 0 Å². The van der Waals surface area contributed by atoms with E-state index in [9.17, 15) is 9.59 Å². The zero-order valence-electron chi connectivity index (χ0n) is 18.9. The van der Waals surface area contributed by atoms with Gasteiger partial charge in [0.05, 0.1) is 25.3 Å². The third-order valence-corrected chi connectivity index (χ3v) is 6.57. The van der Waals surface area contributed by atoms with Gasteiger partial charge in [-0.3, -0.25) is 9.59 Å². The molecular formula is C26H32N2O4. The van der Waals surface area contributed by atoms with Crippen LogP contribution >= 0.6 is 0 Å². The number of amides is 2. The Morgan fingerprint density at radius 2 is 1.09 bits per heavy atom. The van der Waals surface area contributed by atoms with Crippen LogP contribution in [0, 0.1) is 0 Å². The first kappa shape index (κ1) is 22.5. The average molecular weight is 437 g/mol. The van der Waals surface area contributed by atoms with Gasteiger partial charge in [0.1, 0.15) is 12.2 Å². The summed E-state index contributed by atoms with van der Waals surface area (Å²) in [6.45, 7) is 6.16. The van der Waals surface area contributed by atoms with E-state index in [0.717, 1.165) is 11.1 Å². The van der Waals surface area contributed by atoms with Gasteiger partial charge in [0.2, 0.25) is 11.8 Å². The van der Waals surface area contributed by atoms with Crippen molar-refractivity contribution in [3.63, 3.8) is 0 Å². The van der Waals surface area contributed by atoms with Crippen molar-refractivity contribution >= 4 is 11.8 Å². The van der Waals surface area contributed by atoms with Gasteiger partial charge in [0.15, 0.2) is 0 Å². The summed E-state index contributed by atoms with van der Waals surface area (Å²) in [5, 5.41) is 0. The second kappa shape index (κ2) is 10.3. The monoisotopic (exact) mass is 436 g/mol. The normalized spacial score (nSPS) is 26.1. The molecule has 2 fully saturated rings. The number of ether oxygens (including phenoxy) is 2. The number of carbonyl (C=O) groups excluding carboxylic acids is 2. The van der Waals surface area contributed by atoms with Crippen LogP contribution in [0.1, 0.15) is 50.0 Å². The second-order valence-corrected chi connectivity index (χ2v) is 8.56. The predicted molar refractivity (Wildman–Crippen MR) is 122 cm³/mol. The molecule has 0 radical (unpaired) electrons. The summed E-state index contributed by atoms with van der Waals surface area (Å²) < 4.78 is 11.9. The summed E-state index contributed by atoms with van der Waals surface area (Å²) in [5.41, 5.74) is 2.14. The molecule has 0 spiro atoms.